The summed E-state index contributed by atoms with van der Waals surface area (Å²) in [4.78, 5) is 3.96. The molecule has 5 nitrogen and oxygen atoms in total. The zero-order valence-corrected chi connectivity index (χ0v) is 13.3. The van der Waals surface area contributed by atoms with Crippen molar-refractivity contribution in [1.29, 1.82) is 0 Å². The number of nitrogens with two attached hydrogens (primary N) is 1. The van der Waals surface area contributed by atoms with Gasteiger partial charge in [-0.25, -0.2) is 13.4 Å². The molecule has 1 heterocycles. The fourth-order valence-electron chi connectivity index (χ4n) is 1.67. The van der Waals surface area contributed by atoms with Gasteiger partial charge in [-0.15, -0.1) is 11.3 Å². The SMILES string of the molecule is Cc1ncc(S(=O)(=O)Nc2ccc(C#CCN)cc2C)s1. The number of aromatic nitrogens is 1. The Morgan fingerprint density at radius 2 is 2.14 bits per heavy atom. The Kier molecular flexibility index (Phi) is 4.63. The molecule has 110 valence electrons. The summed E-state index contributed by atoms with van der Waals surface area (Å²) >= 11 is 1.14. The molecule has 1 aromatic heterocycles. The predicted molar refractivity (Wildman–Crippen MR) is 84.8 cm³/mol. The van der Waals surface area contributed by atoms with Crippen LogP contribution in [0.5, 0.6) is 0 Å². The molecule has 0 unspecified atom stereocenters. The molecule has 0 saturated carbocycles. The minimum Gasteiger partial charge on any atom is -0.320 e. The second-order valence-electron chi connectivity index (χ2n) is 4.34. The molecule has 3 N–H and O–H groups in total. The molecule has 0 fully saturated rings. The van der Waals surface area contributed by atoms with Gasteiger partial charge in [0.15, 0.2) is 4.21 Å². The molecule has 0 aliphatic carbocycles. The summed E-state index contributed by atoms with van der Waals surface area (Å²) in [6, 6.07) is 5.27. The van der Waals surface area contributed by atoms with Crippen molar-refractivity contribution >= 4 is 27.0 Å². The van der Waals surface area contributed by atoms with Crippen molar-refractivity contribution < 1.29 is 8.42 Å². The van der Waals surface area contributed by atoms with Gasteiger partial charge in [-0.2, -0.15) is 0 Å². The molecule has 21 heavy (non-hydrogen) atoms. The maximum atomic E-state index is 12.2. The number of nitrogens with zero attached hydrogens (tertiary/aromatic N) is 1. The average molecular weight is 321 g/mol. The van der Waals surface area contributed by atoms with Gasteiger partial charge in [0.2, 0.25) is 0 Å². The summed E-state index contributed by atoms with van der Waals surface area (Å²) in [5, 5.41) is 0.708. The lowest BCUT2D eigenvalue weighted by Gasteiger charge is -2.09. The Labute approximate surface area is 128 Å². The van der Waals surface area contributed by atoms with Gasteiger partial charge in [0.1, 0.15) is 0 Å². The van der Waals surface area contributed by atoms with E-state index in [2.05, 4.69) is 21.5 Å². The zero-order chi connectivity index (χ0) is 15.5. The van der Waals surface area contributed by atoms with Crippen LogP contribution in [0.3, 0.4) is 0 Å². The number of aryl methyl sites for hydroxylation is 2. The standard InChI is InChI=1S/C14H15N3O2S2/c1-10-8-12(4-3-7-15)5-6-13(10)17-21(18,19)14-9-16-11(2)20-14/h5-6,8-9,17H,7,15H2,1-2H3. The first-order chi connectivity index (χ1) is 9.92. The van der Waals surface area contributed by atoms with Crippen LogP contribution in [0.2, 0.25) is 0 Å². The van der Waals surface area contributed by atoms with E-state index in [0.29, 0.717) is 10.7 Å². The van der Waals surface area contributed by atoms with Crippen molar-refractivity contribution in [3.63, 3.8) is 0 Å². The molecule has 0 radical (unpaired) electrons. The lowest BCUT2D eigenvalue weighted by atomic mass is 10.1. The number of benzene rings is 1. The van der Waals surface area contributed by atoms with Gasteiger partial charge in [0.05, 0.1) is 23.4 Å². The Morgan fingerprint density at radius 1 is 1.38 bits per heavy atom. The van der Waals surface area contributed by atoms with Crippen LogP contribution in [-0.2, 0) is 10.0 Å². The highest BCUT2D eigenvalue weighted by molar-refractivity contribution is 7.94. The fourth-order valence-corrected chi connectivity index (χ4v) is 3.91. The molecule has 7 heteroatoms. The van der Waals surface area contributed by atoms with E-state index < -0.39 is 10.0 Å². The van der Waals surface area contributed by atoms with Gasteiger partial charge >= 0.3 is 0 Å². The third-order valence-corrected chi connectivity index (χ3v) is 5.41. The van der Waals surface area contributed by atoms with Crippen LogP contribution in [0.4, 0.5) is 5.69 Å². The first-order valence-corrected chi connectivity index (χ1v) is 8.47. The van der Waals surface area contributed by atoms with E-state index in [9.17, 15) is 8.42 Å². The predicted octanol–water partition coefficient (Wildman–Crippen LogP) is 1.87. The number of sulfonamides is 1. The van der Waals surface area contributed by atoms with Gasteiger partial charge in [-0.3, -0.25) is 4.72 Å². The number of thiazole rings is 1. The maximum Gasteiger partial charge on any atom is 0.273 e. The highest BCUT2D eigenvalue weighted by Crippen LogP contribution is 2.23. The lowest BCUT2D eigenvalue weighted by Crippen LogP contribution is -2.12. The molecule has 0 spiro atoms. The normalized spacial score (nSPS) is 10.8. The topological polar surface area (TPSA) is 85.1 Å². The van der Waals surface area contributed by atoms with Crippen molar-refractivity contribution in [2.75, 3.05) is 11.3 Å². The van der Waals surface area contributed by atoms with Crippen LogP contribution in [0.1, 0.15) is 16.1 Å². The van der Waals surface area contributed by atoms with Crippen molar-refractivity contribution in [3.8, 4) is 11.8 Å². The zero-order valence-electron chi connectivity index (χ0n) is 11.7. The molecule has 0 aliphatic heterocycles. The van der Waals surface area contributed by atoms with E-state index in [4.69, 9.17) is 5.73 Å². The second-order valence-corrected chi connectivity index (χ2v) is 7.48. The Hall–Kier alpha value is -1.88. The van der Waals surface area contributed by atoms with Crippen molar-refractivity contribution in [2.45, 2.75) is 18.1 Å². The van der Waals surface area contributed by atoms with Crippen LogP contribution >= 0.6 is 11.3 Å². The number of hydrogen-bond acceptors (Lipinski definition) is 5. The highest BCUT2D eigenvalue weighted by atomic mass is 32.2. The molecular weight excluding hydrogens is 306 g/mol. The fraction of sp³-hybridized carbons (Fsp3) is 0.214. The van der Waals surface area contributed by atoms with E-state index in [0.717, 1.165) is 22.5 Å². The van der Waals surface area contributed by atoms with E-state index >= 15 is 0 Å². The van der Waals surface area contributed by atoms with Gasteiger partial charge in [0, 0.05) is 5.56 Å². The van der Waals surface area contributed by atoms with Crippen molar-refractivity contribution in [1.82, 2.24) is 4.98 Å². The Balaban J connectivity index is 2.27. The highest BCUT2D eigenvalue weighted by Gasteiger charge is 2.18. The molecule has 1 aromatic carbocycles. The van der Waals surface area contributed by atoms with Gasteiger partial charge in [0.25, 0.3) is 10.0 Å². The molecule has 2 rings (SSSR count). The summed E-state index contributed by atoms with van der Waals surface area (Å²) in [5.41, 5.74) is 7.45. The third kappa shape index (κ3) is 3.82. The first kappa shape index (κ1) is 15.5. The minimum absolute atomic E-state index is 0.200. The molecule has 0 aliphatic rings. The third-order valence-electron chi connectivity index (χ3n) is 2.67. The maximum absolute atomic E-state index is 12.2. The van der Waals surface area contributed by atoms with E-state index in [1.54, 1.807) is 19.1 Å². The minimum atomic E-state index is -3.59. The number of hydrogen-bond donors (Lipinski definition) is 2. The smallest absolute Gasteiger partial charge is 0.273 e. The first-order valence-electron chi connectivity index (χ1n) is 6.17. The van der Waals surface area contributed by atoms with Crippen molar-refractivity contribution in [2.24, 2.45) is 5.73 Å². The Morgan fingerprint density at radius 3 is 2.71 bits per heavy atom. The van der Waals surface area contributed by atoms with Crippen LogP contribution in [0.25, 0.3) is 0 Å². The largest absolute Gasteiger partial charge is 0.320 e. The summed E-state index contributed by atoms with van der Waals surface area (Å²) < 4.78 is 27.2. The summed E-state index contributed by atoms with van der Waals surface area (Å²) in [5.74, 6) is 5.67. The van der Waals surface area contributed by atoms with Crippen LogP contribution < -0.4 is 10.5 Å². The van der Waals surface area contributed by atoms with Crippen LogP contribution in [0.15, 0.2) is 28.6 Å². The number of anilines is 1. The summed E-state index contributed by atoms with van der Waals surface area (Å²) in [6.07, 6.45) is 1.36. The van der Waals surface area contributed by atoms with Crippen molar-refractivity contribution in [3.05, 3.63) is 40.5 Å². The van der Waals surface area contributed by atoms with E-state index in [1.165, 1.54) is 6.20 Å². The summed E-state index contributed by atoms with van der Waals surface area (Å²) in [6.45, 7) is 3.88. The number of rotatable bonds is 3. The average Bonchev–Trinajstić information content (AvgIpc) is 2.86. The van der Waals surface area contributed by atoms with Gasteiger partial charge in [-0.05, 0) is 37.6 Å². The van der Waals surface area contributed by atoms with Gasteiger partial charge in [-0.1, -0.05) is 11.8 Å². The molecule has 0 bridgehead atoms. The molecular formula is C14H15N3O2S2. The van der Waals surface area contributed by atoms with E-state index in [1.807, 2.05) is 13.0 Å². The monoisotopic (exact) mass is 321 g/mol. The van der Waals surface area contributed by atoms with Crippen LogP contribution in [-0.4, -0.2) is 19.9 Å². The Bertz CT molecular complexity index is 814. The summed E-state index contributed by atoms with van der Waals surface area (Å²) in [7, 11) is -3.59. The van der Waals surface area contributed by atoms with E-state index in [-0.39, 0.29) is 10.8 Å². The molecule has 0 saturated heterocycles. The quantitative estimate of drug-likeness (QED) is 0.845. The molecule has 0 atom stereocenters. The van der Waals surface area contributed by atoms with Crippen LogP contribution in [0, 0.1) is 25.7 Å². The van der Waals surface area contributed by atoms with Gasteiger partial charge < -0.3 is 5.73 Å². The lowest BCUT2D eigenvalue weighted by molar-refractivity contribution is 0.603. The molecule has 0 amide bonds. The number of nitrogens with one attached hydrogen (secondary N) is 1. The second kappa shape index (κ2) is 6.26. The molecule has 2 aromatic rings.